The minimum absolute atomic E-state index is 0.0642. The molecule has 1 aliphatic heterocycles. The van der Waals surface area contributed by atoms with E-state index in [9.17, 15) is 0 Å². The highest BCUT2D eigenvalue weighted by molar-refractivity contribution is 7.13. The fraction of sp³-hybridized carbons (Fsp3) is 0.565. The number of para-hydroxylation sites is 1. The van der Waals surface area contributed by atoms with Crippen molar-refractivity contribution in [2.24, 2.45) is 0 Å². The van der Waals surface area contributed by atoms with E-state index < -0.39 is 0 Å². The summed E-state index contributed by atoms with van der Waals surface area (Å²) in [6, 6.07) is 23.3. The van der Waals surface area contributed by atoms with Gasteiger partial charge in [-0.25, -0.2) is 0 Å². The van der Waals surface area contributed by atoms with Crippen LogP contribution < -0.4 is 9.80 Å². The number of anilines is 2. The highest BCUT2D eigenvalue weighted by Gasteiger charge is 2.42. The SMILES string of the molecule is CCCCCCCCN(CCCCCCCC)c1ccc(/C=C/c2ccc(/C=C/C3N(CCC[N+](C)(C)C)c4ccccc4C3(C)C)s2)cc1. The Kier molecular flexibility index (Phi) is 16.2. The predicted molar refractivity (Wildman–Crippen MR) is 226 cm³/mol. The van der Waals surface area contributed by atoms with E-state index in [-0.39, 0.29) is 5.41 Å². The van der Waals surface area contributed by atoms with Gasteiger partial charge in [-0.3, -0.25) is 0 Å². The van der Waals surface area contributed by atoms with Gasteiger partial charge in [0.1, 0.15) is 0 Å². The van der Waals surface area contributed by atoms with Crippen LogP contribution in [0.15, 0.2) is 66.7 Å². The molecule has 2 aromatic carbocycles. The van der Waals surface area contributed by atoms with Crippen molar-refractivity contribution in [1.29, 1.82) is 0 Å². The Morgan fingerprint density at radius 2 is 1.26 bits per heavy atom. The second-order valence-corrected chi connectivity index (χ2v) is 17.4. The van der Waals surface area contributed by atoms with Gasteiger partial charge in [-0.1, -0.05) is 134 Å². The van der Waals surface area contributed by atoms with E-state index >= 15 is 0 Å². The number of thiophene rings is 1. The normalized spacial score (nSPS) is 15.8. The van der Waals surface area contributed by atoms with Crippen molar-refractivity contribution in [3.8, 4) is 0 Å². The van der Waals surface area contributed by atoms with Crippen LogP contribution in [-0.4, -0.2) is 57.8 Å². The first-order valence-electron chi connectivity index (χ1n) is 20.1. The average molecular weight is 697 g/mol. The summed E-state index contributed by atoms with van der Waals surface area (Å²) in [5, 5.41) is 0. The molecule has 0 aliphatic carbocycles. The second kappa shape index (κ2) is 20.3. The lowest BCUT2D eigenvalue weighted by molar-refractivity contribution is -0.870. The standard InChI is InChI=1S/C46H70N3S/c1-8-10-12-14-16-20-35-47(36-21-17-15-13-11-9-2)40-28-25-39(26-29-40)27-30-41-31-32-42(50-41)33-34-45-46(3,4)43-23-18-19-24-44(43)48(45)37-22-38-49(5,6)7/h18-19,23-34,45H,8-17,20-22,35-38H2,1-7H3/q+1/b30-27+,34-33+. The Balaban J connectivity index is 1.37. The predicted octanol–water partition coefficient (Wildman–Crippen LogP) is 12.7. The van der Waals surface area contributed by atoms with Crippen molar-refractivity contribution in [1.82, 2.24) is 0 Å². The fourth-order valence-corrected chi connectivity index (χ4v) is 8.36. The summed E-state index contributed by atoms with van der Waals surface area (Å²) in [6.07, 6.45) is 26.8. The molecule has 3 nitrogen and oxygen atoms in total. The third-order valence-electron chi connectivity index (χ3n) is 10.6. The van der Waals surface area contributed by atoms with Crippen LogP contribution >= 0.6 is 11.3 Å². The zero-order chi connectivity index (χ0) is 35.8. The molecule has 1 aromatic heterocycles. The van der Waals surface area contributed by atoms with E-state index in [4.69, 9.17) is 0 Å². The first-order chi connectivity index (χ1) is 24.1. The number of unbranched alkanes of at least 4 members (excludes halogenated alkanes) is 10. The second-order valence-electron chi connectivity index (χ2n) is 16.3. The van der Waals surface area contributed by atoms with Crippen molar-refractivity contribution in [3.05, 3.63) is 87.6 Å². The Morgan fingerprint density at radius 1 is 0.680 bits per heavy atom. The maximum absolute atomic E-state index is 2.65. The van der Waals surface area contributed by atoms with Gasteiger partial charge in [0.05, 0.1) is 33.7 Å². The largest absolute Gasteiger partial charge is 0.372 e. The van der Waals surface area contributed by atoms with Gasteiger partial charge in [-0.2, -0.15) is 0 Å². The van der Waals surface area contributed by atoms with Crippen LogP contribution in [0, 0.1) is 0 Å². The quantitative estimate of drug-likeness (QED) is 0.0719. The number of quaternary nitrogens is 1. The molecule has 50 heavy (non-hydrogen) atoms. The Bertz CT molecular complexity index is 1420. The van der Waals surface area contributed by atoms with Crippen LogP contribution in [0.5, 0.6) is 0 Å². The van der Waals surface area contributed by atoms with Gasteiger partial charge in [0.15, 0.2) is 0 Å². The number of hydrogen-bond donors (Lipinski definition) is 0. The van der Waals surface area contributed by atoms with Gasteiger partial charge in [0.2, 0.25) is 0 Å². The van der Waals surface area contributed by atoms with E-state index in [1.54, 1.807) is 0 Å². The lowest BCUT2D eigenvalue weighted by Gasteiger charge is -2.33. The van der Waals surface area contributed by atoms with Gasteiger partial charge < -0.3 is 14.3 Å². The van der Waals surface area contributed by atoms with E-state index in [2.05, 4.69) is 144 Å². The molecule has 0 amide bonds. The molecular weight excluding hydrogens is 627 g/mol. The van der Waals surface area contributed by atoms with Crippen LogP contribution in [0.2, 0.25) is 0 Å². The molecule has 2 heterocycles. The summed E-state index contributed by atoms with van der Waals surface area (Å²) in [4.78, 5) is 7.93. The van der Waals surface area contributed by atoms with Gasteiger partial charge in [-0.05, 0) is 66.5 Å². The van der Waals surface area contributed by atoms with Crippen LogP contribution in [-0.2, 0) is 5.41 Å². The first kappa shape index (κ1) is 40.0. The summed E-state index contributed by atoms with van der Waals surface area (Å²) < 4.78 is 1.01. The van der Waals surface area contributed by atoms with Crippen LogP contribution in [0.1, 0.15) is 132 Å². The molecule has 0 radical (unpaired) electrons. The molecule has 3 aromatic rings. The van der Waals surface area contributed by atoms with Gasteiger partial charge in [0, 0.05) is 52.6 Å². The molecule has 4 rings (SSSR count). The molecule has 0 N–H and O–H groups in total. The van der Waals surface area contributed by atoms with Crippen LogP contribution in [0.4, 0.5) is 11.4 Å². The minimum Gasteiger partial charge on any atom is -0.372 e. The summed E-state index contributed by atoms with van der Waals surface area (Å²) in [5.41, 5.74) is 5.59. The highest BCUT2D eigenvalue weighted by atomic mass is 32.1. The Labute approximate surface area is 311 Å². The molecule has 0 fully saturated rings. The summed E-state index contributed by atoms with van der Waals surface area (Å²) in [7, 11) is 6.88. The van der Waals surface area contributed by atoms with Gasteiger partial charge in [0.25, 0.3) is 0 Å². The highest BCUT2D eigenvalue weighted by Crippen LogP contribution is 2.46. The molecule has 0 spiro atoms. The summed E-state index contributed by atoms with van der Waals surface area (Å²) >= 11 is 1.88. The molecule has 1 aliphatic rings. The van der Waals surface area contributed by atoms with Gasteiger partial charge in [-0.15, -0.1) is 11.3 Å². The molecule has 0 bridgehead atoms. The number of fused-ring (bicyclic) bond motifs is 1. The Hall–Kier alpha value is -2.82. The van der Waals surface area contributed by atoms with Crippen molar-refractivity contribution < 1.29 is 4.48 Å². The van der Waals surface area contributed by atoms with Crippen molar-refractivity contribution in [2.75, 3.05) is 57.1 Å². The van der Waals surface area contributed by atoms with E-state index in [1.807, 2.05) is 11.3 Å². The van der Waals surface area contributed by atoms with Crippen LogP contribution in [0.25, 0.3) is 18.2 Å². The molecule has 0 saturated carbocycles. The zero-order valence-electron chi connectivity index (χ0n) is 32.9. The maximum Gasteiger partial charge on any atom is 0.0797 e. The van der Waals surface area contributed by atoms with Crippen molar-refractivity contribution in [2.45, 2.75) is 123 Å². The molecule has 274 valence electrons. The lowest BCUT2D eigenvalue weighted by atomic mass is 9.80. The number of hydrogen-bond acceptors (Lipinski definition) is 3. The van der Waals surface area contributed by atoms with E-state index in [1.165, 1.54) is 135 Å². The monoisotopic (exact) mass is 697 g/mol. The molecular formula is C46H70N3S+. The maximum atomic E-state index is 2.65. The number of rotatable bonds is 23. The number of benzene rings is 2. The Morgan fingerprint density at radius 3 is 1.88 bits per heavy atom. The van der Waals surface area contributed by atoms with Crippen LogP contribution in [0.3, 0.4) is 0 Å². The van der Waals surface area contributed by atoms with E-state index in [0.29, 0.717) is 6.04 Å². The van der Waals surface area contributed by atoms with Crippen molar-refractivity contribution >= 4 is 40.9 Å². The van der Waals surface area contributed by atoms with E-state index in [0.717, 1.165) is 11.0 Å². The topological polar surface area (TPSA) is 6.48 Å². The molecule has 1 unspecified atom stereocenters. The fourth-order valence-electron chi connectivity index (χ4n) is 7.53. The zero-order valence-corrected chi connectivity index (χ0v) is 33.7. The molecule has 0 saturated heterocycles. The molecule has 1 atom stereocenters. The smallest absolute Gasteiger partial charge is 0.0797 e. The van der Waals surface area contributed by atoms with Gasteiger partial charge >= 0.3 is 0 Å². The first-order valence-corrected chi connectivity index (χ1v) is 20.9. The summed E-state index contributed by atoms with van der Waals surface area (Å²) in [6.45, 7) is 14.0. The third kappa shape index (κ3) is 12.4. The van der Waals surface area contributed by atoms with Crippen molar-refractivity contribution in [3.63, 3.8) is 0 Å². The third-order valence-corrected chi connectivity index (χ3v) is 11.6. The molecule has 4 heteroatoms. The summed E-state index contributed by atoms with van der Waals surface area (Å²) in [5.74, 6) is 0. The number of nitrogens with zero attached hydrogens (tertiary/aromatic N) is 3. The lowest BCUT2D eigenvalue weighted by Crippen LogP contribution is -2.42. The average Bonchev–Trinajstić information content (AvgIpc) is 3.64. The minimum atomic E-state index is 0.0642.